The summed E-state index contributed by atoms with van der Waals surface area (Å²) in [5.41, 5.74) is -0.447. The topological polar surface area (TPSA) is 84.9 Å². The number of rotatable bonds is 8. The Morgan fingerprint density at radius 3 is 2.39 bits per heavy atom. The number of hydrogen-bond donors (Lipinski definition) is 2. The molecule has 2 N–H and O–H groups in total. The molecular weight excluding hydrogens is 238 g/mol. The molecule has 1 atom stereocenters. The van der Waals surface area contributed by atoms with Crippen LogP contribution in [0.1, 0.15) is 25.7 Å². The molecule has 1 amide bonds. The van der Waals surface area contributed by atoms with E-state index in [0.717, 1.165) is 19.3 Å². The summed E-state index contributed by atoms with van der Waals surface area (Å²) < 4.78 is 9.79. The van der Waals surface area contributed by atoms with Crippen molar-refractivity contribution in [2.24, 2.45) is 5.41 Å². The molecule has 6 heteroatoms. The third kappa shape index (κ3) is 3.43. The molecule has 1 unspecified atom stereocenters. The lowest BCUT2D eigenvalue weighted by Crippen LogP contribution is -2.53. The maximum absolute atomic E-state index is 12.2. The highest BCUT2D eigenvalue weighted by Crippen LogP contribution is 2.44. The smallest absolute Gasteiger partial charge is 0.328 e. The van der Waals surface area contributed by atoms with Crippen LogP contribution in [0.3, 0.4) is 0 Å². The molecule has 0 aromatic heterocycles. The first-order chi connectivity index (χ1) is 8.55. The molecule has 6 nitrogen and oxygen atoms in total. The van der Waals surface area contributed by atoms with E-state index in [1.807, 2.05) is 0 Å². The van der Waals surface area contributed by atoms with Gasteiger partial charge < -0.3 is 19.9 Å². The van der Waals surface area contributed by atoms with Crippen LogP contribution in [0.15, 0.2) is 0 Å². The molecular formula is C12H21NO5. The lowest BCUT2D eigenvalue weighted by Gasteiger charge is -2.40. The Morgan fingerprint density at radius 1 is 1.33 bits per heavy atom. The van der Waals surface area contributed by atoms with Crippen molar-refractivity contribution >= 4 is 11.9 Å². The number of carboxylic acid groups (broad SMARTS) is 1. The average Bonchev–Trinajstić information content (AvgIpc) is 2.27. The van der Waals surface area contributed by atoms with E-state index < -0.39 is 17.4 Å². The third-order valence-corrected chi connectivity index (χ3v) is 3.51. The van der Waals surface area contributed by atoms with Crippen LogP contribution in [-0.4, -0.2) is 50.5 Å². The first-order valence-corrected chi connectivity index (χ1v) is 6.07. The average molecular weight is 259 g/mol. The van der Waals surface area contributed by atoms with Gasteiger partial charge in [0.2, 0.25) is 5.91 Å². The minimum atomic E-state index is -1.08. The summed E-state index contributed by atoms with van der Waals surface area (Å²) in [6.45, 7) is 0.483. The number of amides is 1. The first kappa shape index (κ1) is 14.9. The van der Waals surface area contributed by atoms with Crippen LogP contribution in [0, 0.1) is 5.41 Å². The Kier molecular flexibility index (Phi) is 5.55. The lowest BCUT2D eigenvalue weighted by molar-refractivity contribution is -0.147. The number of carboxylic acids is 1. The van der Waals surface area contributed by atoms with Crippen molar-refractivity contribution in [3.05, 3.63) is 0 Å². The molecule has 0 spiro atoms. The summed E-state index contributed by atoms with van der Waals surface area (Å²) >= 11 is 0. The van der Waals surface area contributed by atoms with Gasteiger partial charge in [-0.2, -0.15) is 0 Å². The first-order valence-electron chi connectivity index (χ1n) is 6.07. The molecule has 1 fully saturated rings. The highest BCUT2D eigenvalue weighted by Gasteiger charge is 2.44. The van der Waals surface area contributed by atoms with E-state index in [4.69, 9.17) is 14.6 Å². The zero-order valence-corrected chi connectivity index (χ0v) is 10.9. The molecule has 0 aliphatic heterocycles. The number of carbonyl (C=O) groups excluding carboxylic acids is 1. The van der Waals surface area contributed by atoms with Crippen LogP contribution in [0.5, 0.6) is 0 Å². The lowest BCUT2D eigenvalue weighted by atomic mass is 9.66. The van der Waals surface area contributed by atoms with Gasteiger partial charge in [0.15, 0.2) is 6.04 Å². The molecule has 0 aromatic carbocycles. The van der Waals surface area contributed by atoms with Gasteiger partial charge in [-0.3, -0.25) is 4.79 Å². The summed E-state index contributed by atoms with van der Waals surface area (Å²) in [7, 11) is 3.00. The monoisotopic (exact) mass is 259 g/mol. The van der Waals surface area contributed by atoms with Gasteiger partial charge in [0, 0.05) is 20.8 Å². The normalized spacial score (nSPS) is 18.8. The van der Waals surface area contributed by atoms with Crippen LogP contribution in [-0.2, 0) is 19.1 Å². The zero-order chi connectivity index (χ0) is 13.6. The van der Waals surface area contributed by atoms with E-state index in [1.54, 1.807) is 7.11 Å². The van der Waals surface area contributed by atoms with E-state index in [0.29, 0.717) is 13.0 Å². The van der Waals surface area contributed by atoms with E-state index in [9.17, 15) is 9.59 Å². The van der Waals surface area contributed by atoms with Crippen molar-refractivity contribution in [2.45, 2.75) is 31.7 Å². The Morgan fingerprint density at radius 2 is 2.00 bits per heavy atom. The predicted molar refractivity (Wildman–Crippen MR) is 64.2 cm³/mol. The zero-order valence-electron chi connectivity index (χ0n) is 10.9. The van der Waals surface area contributed by atoms with Gasteiger partial charge in [0.05, 0.1) is 12.0 Å². The van der Waals surface area contributed by atoms with Crippen molar-refractivity contribution < 1.29 is 24.2 Å². The quantitative estimate of drug-likeness (QED) is 0.659. The van der Waals surface area contributed by atoms with Gasteiger partial charge in [0.25, 0.3) is 0 Å². The molecule has 0 bridgehead atoms. The Bertz CT molecular complexity index is 301. The van der Waals surface area contributed by atoms with Gasteiger partial charge in [-0.05, 0) is 19.3 Å². The Hall–Kier alpha value is -1.14. The van der Waals surface area contributed by atoms with Gasteiger partial charge in [-0.15, -0.1) is 0 Å². The summed E-state index contributed by atoms with van der Waals surface area (Å²) in [5.74, 6) is -1.28. The second kappa shape index (κ2) is 6.70. The fourth-order valence-corrected chi connectivity index (χ4v) is 2.14. The van der Waals surface area contributed by atoms with E-state index >= 15 is 0 Å². The Labute approximate surface area is 107 Å². The van der Waals surface area contributed by atoms with Crippen molar-refractivity contribution in [1.29, 1.82) is 0 Å². The number of carbonyl (C=O) groups is 2. The summed E-state index contributed by atoms with van der Waals surface area (Å²) in [6, 6.07) is -0.984. The van der Waals surface area contributed by atoms with E-state index in [1.165, 1.54) is 7.11 Å². The van der Waals surface area contributed by atoms with E-state index in [-0.39, 0.29) is 12.5 Å². The van der Waals surface area contributed by atoms with Crippen LogP contribution in [0.25, 0.3) is 0 Å². The summed E-state index contributed by atoms with van der Waals surface area (Å²) in [6.07, 6.45) is 3.22. The number of aliphatic carboxylic acids is 1. The summed E-state index contributed by atoms with van der Waals surface area (Å²) in [4.78, 5) is 23.1. The fraction of sp³-hybridized carbons (Fsp3) is 0.833. The van der Waals surface area contributed by atoms with Crippen LogP contribution in [0.2, 0.25) is 0 Å². The van der Waals surface area contributed by atoms with Crippen molar-refractivity contribution in [3.63, 3.8) is 0 Å². The minimum Gasteiger partial charge on any atom is -0.480 e. The number of ether oxygens (including phenoxy) is 2. The maximum Gasteiger partial charge on any atom is 0.328 e. The third-order valence-electron chi connectivity index (χ3n) is 3.51. The second-order valence-electron chi connectivity index (χ2n) is 4.70. The molecule has 0 saturated heterocycles. The highest BCUT2D eigenvalue weighted by atomic mass is 16.5. The highest BCUT2D eigenvalue weighted by molar-refractivity contribution is 5.88. The van der Waals surface area contributed by atoms with Crippen molar-refractivity contribution in [1.82, 2.24) is 5.32 Å². The van der Waals surface area contributed by atoms with Gasteiger partial charge in [-0.1, -0.05) is 6.42 Å². The molecule has 1 rings (SSSR count). The molecule has 104 valence electrons. The van der Waals surface area contributed by atoms with Crippen LogP contribution in [0.4, 0.5) is 0 Å². The number of methoxy groups -OCH3 is 2. The molecule has 0 heterocycles. The van der Waals surface area contributed by atoms with E-state index in [2.05, 4.69) is 5.32 Å². The fourth-order valence-electron chi connectivity index (χ4n) is 2.14. The number of nitrogens with one attached hydrogen (secondary N) is 1. The predicted octanol–water partition coefficient (Wildman–Crippen LogP) is 0.409. The molecule has 1 saturated carbocycles. The van der Waals surface area contributed by atoms with Crippen molar-refractivity contribution in [2.75, 3.05) is 27.4 Å². The molecule has 18 heavy (non-hydrogen) atoms. The minimum absolute atomic E-state index is 0.0264. The largest absolute Gasteiger partial charge is 0.480 e. The SMILES string of the molecule is COCCC1(C(=O)NC(COC)C(=O)O)CCC1. The maximum atomic E-state index is 12.2. The van der Waals surface area contributed by atoms with Gasteiger partial charge in [0.1, 0.15) is 0 Å². The van der Waals surface area contributed by atoms with Crippen LogP contribution >= 0.6 is 0 Å². The molecule has 1 aliphatic rings. The van der Waals surface area contributed by atoms with Gasteiger partial charge >= 0.3 is 5.97 Å². The second-order valence-corrected chi connectivity index (χ2v) is 4.70. The molecule has 0 radical (unpaired) electrons. The molecule has 0 aromatic rings. The van der Waals surface area contributed by atoms with Gasteiger partial charge in [-0.25, -0.2) is 4.79 Å². The van der Waals surface area contributed by atoms with Crippen molar-refractivity contribution in [3.8, 4) is 0 Å². The van der Waals surface area contributed by atoms with Crippen LogP contribution < -0.4 is 5.32 Å². The number of hydrogen-bond acceptors (Lipinski definition) is 4. The Balaban J connectivity index is 2.58. The summed E-state index contributed by atoms with van der Waals surface area (Å²) in [5, 5.41) is 11.5. The molecule has 1 aliphatic carbocycles. The standard InChI is InChI=1S/C12H21NO5/c1-17-7-6-12(4-3-5-12)11(16)13-9(8-18-2)10(14)15/h9H,3-8H2,1-2H3,(H,13,16)(H,14,15).